The number of aromatic nitrogens is 5. The Morgan fingerprint density at radius 2 is 2.05 bits per heavy atom. The Bertz CT molecular complexity index is 757. The number of rotatable bonds is 5. The van der Waals surface area contributed by atoms with E-state index >= 15 is 0 Å². The lowest BCUT2D eigenvalue weighted by Crippen LogP contribution is -2.21. The molecule has 3 rings (SSSR count). The van der Waals surface area contributed by atoms with E-state index in [1.165, 1.54) is 4.63 Å². The van der Waals surface area contributed by atoms with Gasteiger partial charge in [0.2, 0.25) is 0 Å². The zero-order valence-corrected chi connectivity index (χ0v) is 10.9. The van der Waals surface area contributed by atoms with E-state index < -0.39 is 11.9 Å². The maximum absolute atomic E-state index is 11.4. The summed E-state index contributed by atoms with van der Waals surface area (Å²) in [5.41, 5.74) is 1.26. The summed E-state index contributed by atoms with van der Waals surface area (Å²) in [4.78, 5) is 11.4. The fraction of sp³-hybridized carbons (Fsp3) is 0.154. The first-order chi connectivity index (χ1) is 10.2. The SMILES string of the molecule is O=C(O)C(CNc1ccc2nnnn2n1)c1ccccc1. The largest absolute Gasteiger partial charge is 0.481 e. The van der Waals surface area contributed by atoms with Gasteiger partial charge in [-0.1, -0.05) is 30.3 Å². The molecule has 2 N–H and O–H groups in total. The van der Waals surface area contributed by atoms with Crippen molar-refractivity contribution in [2.24, 2.45) is 0 Å². The molecule has 106 valence electrons. The minimum Gasteiger partial charge on any atom is -0.481 e. The molecule has 2 aromatic heterocycles. The van der Waals surface area contributed by atoms with E-state index in [-0.39, 0.29) is 6.54 Å². The Hall–Kier alpha value is -3.03. The number of nitrogens with one attached hydrogen (secondary N) is 1. The summed E-state index contributed by atoms with van der Waals surface area (Å²) in [5, 5.41) is 27.4. The van der Waals surface area contributed by atoms with Crippen LogP contribution in [0.4, 0.5) is 5.82 Å². The van der Waals surface area contributed by atoms with Gasteiger partial charge < -0.3 is 10.4 Å². The molecule has 0 bridgehead atoms. The second kappa shape index (κ2) is 5.53. The zero-order valence-electron chi connectivity index (χ0n) is 10.9. The van der Waals surface area contributed by atoms with Crippen LogP contribution in [0.5, 0.6) is 0 Å². The van der Waals surface area contributed by atoms with Crippen LogP contribution < -0.4 is 5.32 Å². The lowest BCUT2D eigenvalue weighted by molar-refractivity contribution is -0.138. The maximum Gasteiger partial charge on any atom is 0.312 e. The molecule has 0 saturated heterocycles. The molecule has 0 amide bonds. The second-order valence-corrected chi connectivity index (χ2v) is 4.43. The fourth-order valence-electron chi connectivity index (χ4n) is 1.98. The van der Waals surface area contributed by atoms with Gasteiger partial charge in [0.15, 0.2) is 5.65 Å². The number of hydrogen-bond acceptors (Lipinski definition) is 6. The van der Waals surface area contributed by atoms with Crippen molar-refractivity contribution in [2.45, 2.75) is 5.92 Å². The maximum atomic E-state index is 11.4. The van der Waals surface area contributed by atoms with Crippen molar-refractivity contribution in [3.63, 3.8) is 0 Å². The number of fused-ring (bicyclic) bond motifs is 1. The van der Waals surface area contributed by atoms with Gasteiger partial charge in [-0.25, -0.2) is 0 Å². The first-order valence-corrected chi connectivity index (χ1v) is 6.31. The van der Waals surface area contributed by atoms with Crippen LogP contribution in [0.25, 0.3) is 5.65 Å². The van der Waals surface area contributed by atoms with Gasteiger partial charge in [-0.05, 0) is 28.1 Å². The molecule has 0 spiro atoms. The third-order valence-corrected chi connectivity index (χ3v) is 3.06. The van der Waals surface area contributed by atoms with Crippen LogP contribution >= 0.6 is 0 Å². The lowest BCUT2D eigenvalue weighted by Gasteiger charge is -2.13. The highest BCUT2D eigenvalue weighted by molar-refractivity contribution is 5.76. The lowest BCUT2D eigenvalue weighted by atomic mass is 9.99. The zero-order chi connectivity index (χ0) is 14.7. The van der Waals surface area contributed by atoms with E-state index in [1.807, 2.05) is 18.2 Å². The third kappa shape index (κ3) is 2.78. The summed E-state index contributed by atoms with van der Waals surface area (Å²) >= 11 is 0. The first-order valence-electron chi connectivity index (χ1n) is 6.31. The van der Waals surface area contributed by atoms with Crippen molar-refractivity contribution in [1.82, 2.24) is 25.3 Å². The number of anilines is 1. The number of carbonyl (C=O) groups is 1. The molecule has 0 aliphatic rings. The summed E-state index contributed by atoms with van der Waals surface area (Å²) < 4.78 is 1.28. The van der Waals surface area contributed by atoms with Gasteiger partial charge in [0.25, 0.3) is 0 Å². The number of nitrogens with zero attached hydrogens (tertiary/aromatic N) is 5. The Kier molecular flexibility index (Phi) is 3.42. The van der Waals surface area contributed by atoms with Crippen molar-refractivity contribution in [3.8, 4) is 0 Å². The number of tetrazole rings is 1. The first kappa shape index (κ1) is 13.0. The minimum absolute atomic E-state index is 0.222. The molecule has 0 radical (unpaired) electrons. The molecule has 0 saturated carbocycles. The predicted octanol–water partition coefficient (Wildman–Crippen LogP) is 0.800. The molecule has 0 aliphatic carbocycles. The van der Waals surface area contributed by atoms with Crippen LogP contribution in [-0.2, 0) is 4.79 Å². The van der Waals surface area contributed by atoms with E-state index in [0.717, 1.165) is 5.56 Å². The minimum atomic E-state index is -0.891. The topological polar surface area (TPSA) is 105 Å². The summed E-state index contributed by atoms with van der Waals surface area (Å²) in [6.07, 6.45) is 0. The molecule has 0 aliphatic heterocycles. The summed E-state index contributed by atoms with van der Waals surface area (Å²) in [5.74, 6) is -1.04. The van der Waals surface area contributed by atoms with Crippen LogP contribution in [0, 0.1) is 0 Å². The quantitative estimate of drug-likeness (QED) is 0.713. The highest BCUT2D eigenvalue weighted by atomic mass is 16.4. The van der Waals surface area contributed by atoms with E-state index in [9.17, 15) is 9.90 Å². The number of carboxylic acids is 1. The average molecular weight is 284 g/mol. The summed E-state index contributed by atoms with van der Waals surface area (Å²) in [6, 6.07) is 12.5. The molecule has 2 heterocycles. The van der Waals surface area contributed by atoms with Crippen molar-refractivity contribution in [2.75, 3.05) is 11.9 Å². The van der Waals surface area contributed by atoms with E-state index in [4.69, 9.17) is 0 Å². The molecule has 1 unspecified atom stereocenters. The van der Waals surface area contributed by atoms with Gasteiger partial charge in [0.05, 0.1) is 5.92 Å². The molecule has 1 atom stereocenters. The van der Waals surface area contributed by atoms with Crippen LogP contribution in [-0.4, -0.2) is 42.9 Å². The van der Waals surface area contributed by atoms with Crippen molar-refractivity contribution < 1.29 is 9.90 Å². The number of carboxylic acid groups (broad SMARTS) is 1. The fourth-order valence-corrected chi connectivity index (χ4v) is 1.98. The van der Waals surface area contributed by atoms with Crippen molar-refractivity contribution in [1.29, 1.82) is 0 Å². The van der Waals surface area contributed by atoms with Crippen LogP contribution in [0.2, 0.25) is 0 Å². The predicted molar refractivity (Wildman–Crippen MR) is 73.9 cm³/mol. The molecular weight excluding hydrogens is 272 g/mol. The van der Waals surface area contributed by atoms with Gasteiger partial charge in [0, 0.05) is 6.54 Å². The molecule has 8 heteroatoms. The van der Waals surface area contributed by atoms with E-state index in [0.29, 0.717) is 11.5 Å². The molecule has 3 aromatic rings. The smallest absolute Gasteiger partial charge is 0.312 e. The van der Waals surface area contributed by atoms with Crippen LogP contribution in [0.3, 0.4) is 0 Å². The Morgan fingerprint density at radius 1 is 1.24 bits per heavy atom. The highest BCUT2D eigenvalue weighted by Gasteiger charge is 2.19. The van der Waals surface area contributed by atoms with Gasteiger partial charge in [-0.15, -0.1) is 14.8 Å². The summed E-state index contributed by atoms with van der Waals surface area (Å²) in [6.45, 7) is 0.222. The van der Waals surface area contributed by atoms with Gasteiger partial charge in [0.1, 0.15) is 5.82 Å². The number of benzene rings is 1. The Morgan fingerprint density at radius 3 is 2.81 bits per heavy atom. The number of hydrogen-bond donors (Lipinski definition) is 2. The van der Waals surface area contributed by atoms with E-state index in [2.05, 4.69) is 25.9 Å². The van der Waals surface area contributed by atoms with Gasteiger partial charge >= 0.3 is 5.97 Å². The van der Waals surface area contributed by atoms with Crippen molar-refractivity contribution >= 4 is 17.4 Å². The van der Waals surface area contributed by atoms with Crippen LogP contribution in [0.1, 0.15) is 11.5 Å². The van der Waals surface area contributed by atoms with Gasteiger partial charge in [-0.3, -0.25) is 4.79 Å². The Balaban J connectivity index is 1.76. The van der Waals surface area contributed by atoms with Crippen molar-refractivity contribution in [3.05, 3.63) is 48.0 Å². The standard InChI is InChI=1S/C13H12N6O2/c20-13(21)10(9-4-2-1-3-5-9)8-14-11-6-7-12-15-17-18-19(12)16-11/h1-7,10H,8H2,(H,14,16)(H,20,21). The highest BCUT2D eigenvalue weighted by Crippen LogP contribution is 2.16. The third-order valence-electron chi connectivity index (χ3n) is 3.06. The molecule has 21 heavy (non-hydrogen) atoms. The normalized spacial score (nSPS) is 12.2. The molecular formula is C13H12N6O2. The summed E-state index contributed by atoms with van der Waals surface area (Å²) in [7, 11) is 0. The monoisotopic (exact) mass is 284 g/mol. The molecule has 1 aromatic carbocycles. The van der Waals surface area contributed by atoms with E-state index in [1.54, 1.807) is 24.3 Å². The molecule has 0 fully saturated rings. The molecule has 8 nitrogen and oxygen atoms in total. The average Bonchev–Trinajstić information content (AvgIpc) is 2.96. The number of aliphatic carboxylic acids is 1. The van der Waals surface area contributed by atoms with Crippen LogP contribution in [0.15, 0.2) is 42.5 Å². The second-order valence-electron chi connectivity index (χ2n) is 4.43. The van der Waals surface area contributed by atoms with Gasteiger partial charge in [-0.2, -0.15) is 0 Å². The Labute approximate surface area is 119 Å².